The minimum absolute atomic E-state index is 0. The van der Waals surface area contributed by atoms with Crippen LogP contribution >= 0.6 is 0 Å². The molecule has 2 aromatic rings. The summed E-state index contributed by atoms with van der Waals surface area (Å²) in [6.07, 6.45) is 1.91. The van der Waals surface area contributed by atoms with Crippen LogP contribution in [0.5, 0.6) is 0 Å². The van der Waals surface area contributed by atoms with Crippen molar-refractivity contribution in [1.82, 2.24) is 4.90 Å². The second-order valence-electron chi connectivity index (χ2n) is 4.38. The van der Waals surface area contributed by atoms with Gasteiger partial charge in [-0.3, -0.25) is 4.79 Å². The average molecular weight is 370 g/mol. The van der Waals surface area contributed by atoms with Crippen LogP contribution in [0.25, 0.3) is 10.9 Å². The van der Waals surface area contributed by atoms with E-state index in [4.69, 9.17) is 0 Å². The van der Waals surface area contributed by atoms with Crippen LogP contribution in [0.15, 0.2) is 36.5 Å². The summed E-state index contributed by atoms with van der Waals surface area (Å²) in [6, 6.07) is 10.1. The van der Waals surface area contributed by atoms with Crippen LogP contribution in [-0.4, -0.2) is 23.9 Å². The second-order valence-corrected chi connectivity index (χ2v) is 4.38. The lowest BCUT2D eigenvalue weighted by molar-refractivity contribution is -0.645. The minimum atomic E-state index is 0. The van der Waals surface area contributed by atoms with Crippen molar-refractivity contribution in [2.24, 2.45) is 7.05 Å². The molecule has 0 aliphatic carbocycles. The van der Waals surface area contributed by atoms with Gasteiger partial charge in [-0.05, 0) is 26.0 Å². The molecule has 0 atom stereocenters. The van der Waals surface area contributed by atoms with Crippen LogP contribution in [0.1, 0.15) is 24.2 Å². The van der Waals surface area contributed by atoms with Crippen LogP contribution < -0.4 is 28.5 Å². The largest absolute Gasteiger partial charge is 1.00 e. The van der Waals surface area contributed by atoms with E-state index >= 15 is 0 Å². The van der Waals surface area contributed by atoms with Gasteiger partial charge in [0.05, 0.1) is 0 Å². The van der Waals surface area contributed by atoms with Gasteiger partial charge in [-0.1, -0.05) is 12.1 Å². The molecular formula is C15H19IN2O. The number of amides is 1. The molecule has 0 bridgehead atoms. The number of pyridine rings is 1. The Morgan fingerprint density at radius 2 is 1.84 bits per heavy atom. The highest BCUT2D eigenvalue weighted by Crippen LogP contribution is 2.12. The molecule has 102 valence electrons. The molecule has 0 saturated carbocycles. The molecule has 1 aromatic carbocycles. The molecule has 19 heavy (non-hydrogen) atoms. The standard InChI is InChI=1S/C15H19N2O.HI/c1-4-17(5-2)15(18)13-10-12-8-6-7-9-14(12)16(3)11-13;/h6-11H,4-5H2,1-3H3;1H/q+1;/p-1. The van der Waals surface area contributed by atoms with E-state index in [2.05, 4.69) is 6.07 Å². The van der Waals surface area contributed by atoms with Gasteiger partial charge >= 0.3 is 0 Å². The Balaban J connectivity index is 0.00000180. The van der Waals surface area contributed by atoms with E-state index < -0.39 is 0 Å². The maximum Gasteiger partial charge on any atom is 0.259 e. The van der Waals surface area contributed by atoms with E-state index in [0.29, 0.717) is 0 Å². The first-order valence-corrected chi connectivity index (χ1v) is 6.35. The molecule has 2 rings (SSSR count). The van der Waals surface area contributed by atoms with Gasteiger partial charge < -0.3 is 28.9 Å². The van der Waals surface area contributed by atoms with Crippen molar-refractivity contribution in [3.05, 3.63) is 42.1 Å². The first-order chi connectivity index (χ1) is 8.67. The smallest absolute Gasteiger partial charge is 0.259 e. The summed E-state index contributed by atoms with van der Waals surface area (Å²) in [6.45, 7) is 5.49. The zero-order valence-corrected chi connectivity index (χ0v) is 13.7. The van der Waals surface area contributed by atoms with Crippen molar-refractivity contribution in [1.29, 1.82) is 0 Å². The Morgan fingerprint density at radius 1 is 1.21 bits per heavy atom. The number of carbonyl (C=O) groups is 1. The predicted octanol–water partition coefficient (Wildman–Crippen LogP) is -0.850. The molecule has 0 spiro atoms. The maximum atomic E-state index is 12.3. The first-order valence-electron chi connectivity index (χ1n) is 6.35. The molecule has 1 aromatic heterocycles. The van der Waals surface area contributed by atoms with Crippen LogP contribution in [-0.2, 0) is 7.05 Å². The summed E-state index contributed by atoms with van der Waals surface area (Å²) in [5.41, 5.74) is 1.88. The van der Waals surface area contributed by atoms with Crippen LogP contribution in [0.2, 0.25) is 0 Å². The van der Waals surface area contributed by atoms with Crippen molar-refractivity contribution >= 4 is 16.8 Å². The Morgan fingerprint density at radius 3 is 2.47 bits per heavy atom. The number of hydrogen-bond acceptors (Lipinski definition) is 1. The van der Waals surface area contributed by atoms with E-state index in [-0.39, 0.29) is 29.9 Å². The molecule has 1 heterocycles. The summed E-state index contributed by atoms with van der Waals surface area (Å²) >= 11 is 0. The molecule has 0 radical (unpaired) electrons. The number of rotatable bonds is 3. The molecule has 0 unspecified atom stereocenters. The number of hydrogen-bond donors (Lipinski definition) is 0. The van der Waals surface area contributed by atoms with Gasteiger partial charge in [0.15, 0.2) is 6.20 Å². The van der Waals surface area contributed by atoms with Crippen molar-refractivity contribution < 1.29 is 33.3 Å². The fraction of sp³-hybridized carbons (Fsp3) is 0.333. The second kappa shape index (κ2) is 6.84. The van der Waals surface area contributed by atoms with Gasteiger partial charge in [0.25, 0.3) is 5.91 Å². The summed E-state index contributed by atoms with van der Waals surface area (Å²) in [4.78, 5) is 14.2. The SMILES string of the molecule is CCN(CC)C(=O)c1cc2ccccc2[n+](C)c1.[I-]. The highest BCUT2D eigenvalue weighted by atomic mass is 127. The van der Waals surface area contributed by atoms with Crippen LogP contribution in [0.4, 0.5) is 0 Å². The zero-order valence-electron chi connectivity index (χ0n) is 11.6. The third-order valence-electron chi connectivity index (χ3n) is 3.26. The average Bonchev–Trinajstić information content (AvgIpc) is 2.40. The summed E-state index contributed by atoms with van der Waals surface area (Å²) < 4.78 is 2.01. The van der Waals surface area contributed by atoms with Gasteiger partial charge in [0, 0.05) is 24.5 Å². The number of para-hydroxylation sites is 1. The quantitative estimate of drug-likeness (QED) is 0.510. The van der Waals surface area contributed by atoms with E-state index in [1.54, 1.807) is 0 Å². The molecule has 0 aliphatic rings. The maximum absolute atomic E-state index is 12.3. The van der Waals surface area contributed by atoms with E-state index in [0.717, 1.165) is 29.6 Å². The number of benzene rings is 1. The van der Waals surface area contributed by atoms with Crippen LogP contribution in [0.3, 0.4) is 0 Å². The number of nitrogens with zero attached hydrogens (tertiary/aromatic N) is 2. The number of carbonyl (C=O) groups excluding carboxylic acids is 1. The molecule has 0 aliphatic heterocycles. The topological polar surface area (TPSA) is 24.2 Å². The van der Waals surface area contributed by atoms with Crippen molar-refractivity contribution in [2.75, 3.05) is 13.1 Å². The Bertz CT molecular complexity index is 579. The van der Waals surface area contributed by atoms with Gasteiger partial charge in [-0.2, -0.15) is 0 Å². The number of aromatic nitrogens is 1. The number of halogens is 1. The molecule has 0 saturated heterocycles. The Labute approximate surface area is 131 Å². The lowest BCUT2D eigenvalue weighted by atomic mass is 10.1. The Kier molecular flexibility index (Phi) is 5.72. The van der Waals surface area contributed by atoms with Crippen molar-refractivity contribution in [2.45, 2.75) is 13.8 Å². The van der Waals surface area contributed by atoms with Gasteiger partial charge in [-0.15, -0.1) is 0 Å². The highest BCUT2D eigenvalue weighted by molar-refractivity contribution is 5.96. The molecule has 0 N–H and O–H groups in total. The van der Waals surface area contributed by atoms with Crippen molar-refractivity contribution in [3.63, 3.8) is 0 Å². The fourth-order valence-electron chi connectivity index (χ4n) is 2.22. The predicted molar refractivity (Wildman–Crippen MR) is 72.4 cm³/mol. The molecule has 1 amide bonds. The van der Waals surface area contributed by atoms with Crippen LogP contribution in [0, 0.1) is 0 Å². The molecular weight excluding hydrogens is 351 g/mol. The highest BCUT2D eigenvalue weighted by Gasteiger charge is 2.17. The van der Waals surface area contributed by atoms with Gasteiger partial charge in [0.2, 0.25) is 5.52 Å². The molecule has 0 fully saturated rings. The lowest BCUT2D eigenvalue weighted by Crippen LogP contribution is -3.00. The summed E-state index contributed by atoms with van der Waals surface area (Å²) in [5.74, 6) is 0.0985. The third-order valence-corrected chi connectivity index (χ3v) is 3.26. The van der Waals surface area contributed by atoms with E-state index in [1.165, 1.54) is 0 Å². The van der Waals surface area contributed by atoms with E-state index in [1.807, 2.05) is 60.8 Å². The summed E-state index contributed by atoms with van der Waals surface area (Å²) in [5, 5.41) is 1.10. The molecule has 4 heteroatoms. The normalized spacial score (nSPS) is 10.1. The number of aryl methyl sites for hydroxylation is 1. The number of fused-ring (bicyclic) bond motifs is 1. The van der Waals surface area contributed by atoms with Gasteiger partial charge in [0.1, 0.15) is 12.6 Å². The Hall–Kier alpha value is -1.17. The minimum Gasteiger partial charge on any atom is -1.00 e. The van der Waals surface area contributed by atoms with E-state index in [9.17, 15) is 4.79 Å². The van der Waals surface area contributed by atoms with Crippen molar-refractivity contribution in [3.8, 4) is 0 Å². The zero-order chi connectivity index (χ0) is 13.1. The lowest BCUT2D eigenvalue weighted by Gasteiger charge is -2.17. The molecule has 3 nitrogen and oxygen atoms in total. The third kappa shape index (κ3) is 3.23. The fourth-order valence-corrected chi connectivity index (χ4v) is 2.22. The monoisotopic (exact) mass is 370 g/mol. The van der Waals surface area contributed by atoms with Gasteiger partial charge in [-0.25, -0.2) is 4.57 Å². The first kappa shape index (κ1) is 15.9. The summed E-state index contributed by atoms with van der Waals surface area (Å²) in [7, 11) is 1.97.